The molecule has 5 heteroatoms. The topological polar surface area (TPSA) is 57.6 Å². The van der Waals surface area contributed by atoms with Gasteiger partial charge in [-0.1, -0.05) is 13.0 Å². The van der Waals surface area contributed by atoms with Gasteiger partial charge in [-0.2, -0.15) is 0 Å². The molecule has 1 aromatic heterocycles. The normalized spacial score (nSPS) is 24.7. The number of thiophene rings is 1. The van der Waals surface area contributed by atoms with Crippen molar-refractivity contribution >= 4 is 23.2 Å². The van der Waals surface area contributed by atoms with Crippen molar-refractivity contribution in [2.45, 2.75) is 6.92 Å². The van der Waals surface area contributed by atoms with Gasteiger partial charge in [-0.3, -0.25) is 9.59 Å². The van der Waals surface area contributed by atoms with Crippen molar-refractivity contribution in [1.82, 2.24) is 4.90 Å². The molecule has 0 spiro atoms. The van der Waals surface area contributed by atoms with Crippen LogP contribution >= 0.6 is 11.3 Å². The average Bonchev–Trinajstić information content (AvgIpc) is 2.84. The van der Waals surface area contributed by atoms with E-state index >= 15 is 0 Å². The van der Waals surface area contributed by atoms with E-state index in [1.54, 1.807) is 11.0 Å². The first kappa shape index (κ1) is 11.1. The van der Waals surface area contributed by atoms with E-state index in [-0.39, 0.29) is 11.8 Å². The average molecular weight is 239 g/mol. The first-order chi connectivity index (χ1) is 7.59. The first-order valence-electron chi connectivity index (χ1n) is 5.15. The zero-order chi connectivity index (χ0) is 11.7. The van der Waals surface area contributed by atoms with E-state index in [0.717, 1.165) is 0 Å². The Balaban J connectivity index is 2.09. The minimum absolute atomic E-state index is 0.0291. The monoisotopic (exact) mass is 239 g/mol. The summed E-state index contributed by atoms with van der Waals surface area (Å²) in [4.78, 5) is 25.2. The molecule has 1 aromatic rings. The van der Waals surface area contributed by atoms with Gasteiger partial charge in [-0.05, 0) is 17.4 Å². The van der Waals surface area contributed by atoms with Crippen LogP contribution in [0.2, 0.25) is 0 Å². The van der Waals surface area contributed by atoms with Crippen LogP contribution in [0.25, 0.3) is 0 Å². The van der Waals surface area contributed by atoms with E-state index in [1.165, 1.54) is 11.3 Å². The van der Waals surface area contributed by atoms with Gasteiger partial charge in [0.1, 0.15) is 0 Å². The molecule has 2 atom stereocenters. The molecular weight excluding hydrogens is 226 g/mol. The number of carbonyl (C=O) groups excluding carboxylic acids is 1. The number of hydrogen-bond acceptors (Lipinski definition) is 3. The van der Waals surface area contributed by atoms with Crippen LogP contribution in [0.3, 0.4) is 0 Å². The highest BCUT2D eigenvalue weighted by Crippen LogP contribution is 2.25. The maximum atomic E-state index is 12.0. The Morgan fingerprint density at radius 3 is 2.75 bits per heavy atom. The quantitative estimate of drug-likeness (QED) is 0.851. The second kappa shape index (κ2) is 4.25. The largest absolute Gasteiger partial charge is 0.481 e. The smallest absolute Gasteiger partial charge is 0.308 e. The lowest BCUT2D eigenvalue weighted by Gasteiger charge is -2.14. The van der Waals surface area contributed by atoms with Crippen molar-refractivity contribution in [2.75, 3.05) is 13.1 Å². The summed E-state index contributed by atoms with van der Waals surface area (Å²) in [5.41, 5.74) is 0. The summed E-state index contributed by atoms with van der Waals surface area (Å²) in [6.45, 7) is 2.74. The fourth-order valence-corrected chi connectivity index (χ4v) is 2.70. The standard InChI is InChI=1S/C11H13NO3S/c1-7-5-12(6-8(7)11(14)15)10(13)9-3-2-4-16-9/h2-4,7-8H,5-6H2,1H3,(H,14,15). The third kappa shape index (κ3) is 1.95. The van der Waals surface area contributed by atoms with E-state index in [4.69, 9.17) is 5.11 Å². The number of carbonyl (C=O) groups is 2. The van der Waals surface area contributed by atoms with Gasteiger partial charge in [0.25, 0.3) is 5.91 Å². The van der Waals surface area contributed by atoms with Crippen LogP contribution < -0.4 is 0 Å². The second-order valence-electron chi connectivity index (χ2n) is 4.11. The Kier molecular flexibility index (Phi) is 2.96. The maximum absolute atomic E-state index is 12.0. The van der Waals surface area contributed by atoms with Gasteiger partial charge in [0, 0.05) is 13.1 Å². The predicted molar refractivity (Wildman–Crippen MR) is 60.5 cm³/mol. The highest BCUT2D eigenvalue weighted by atomic mass is 32.1. The summed E-state index contributed by atoms with van der Waals surface area (Å²) >= 11 is 1.39. The van der Waals surface area contributed by atoms with Gasteiger partial charge in [-0.25, -0.2) is 0 Å². The summed E-state index contributed by atoms with van der Waals surface area (Å²) in [7, 11) is 0. The Labute approximate surface area is 97.5 Å². The summed E-state index contributed by atoms with van der Waals surface area (Å²) in [6, 6.07) is 3.60. The number of likely N-dealkylation sites (tertiary alicyclic amines) is 1. The van der Waals surface area contributed by atoms with Crippen molar-refractivity contribution < 1.29 is 14.7 Å². The number of carboxylic acids is 1. The summed E-state index contributed by atoms with van der Waals surface area (Å²) < 4.78 is 0. The van der Waals surface area contributed by atoms with Gasteiger partial charge < -0.3 is 10.0 Å². The Bertz CT molecular complexity index is 401. The van der Waals surface area contributed by atoms with Crippen LogP contribution in [0.1, 0.15) is 16.6 Å². The van der Waals surface area contributed by atoms with Crippen molar-refractivity contribution in [2.24, 2.45) is 11.8 Å². The lowest BCUT2D eigenvalue weighted by Crippen LogP contribution is -2.29. The van der Waals surface area contributed by atoms with Gasteiger partial charge in [0.2, 0.25) is 0 Å². The fraction of sp³-hybridized carbons (Fsp3) is 0.455. The SMILES string of the molecule is CC1CN(C(=O)c2cccs2)CC1C(=O)O. The Hall–Kier alpha value is -1.36. The number of carboxylic acid groups (broad SMARTS) is 1. The third-order valence-corrected chi connectivity index (χ3v) is 3.81. The minimum atomic E-state index is -0.811. The third-order valence-electron chi connectivity index (χ3n) is 2.95. The highest BCUT2D eigenvalue weighted by Gasteiger charge is 2.37. The number of aliphatic carboxylic acids is 1. The molecule has 0 bridgehead atoms. The zero-order valence-electron chi connectivity index (χ0n) is 8.92. The van der Waals surface area contributed by atoms with E-state index in [1.807, 2.05) is 18.4 Å². The van der Waals surface area contributed by atoms with Crippen molar-refractivity contribution in [3.8, 4) is 0 Å². The van der Waals surface area contributed by atoms with Gasteiger partial charge in [-0.15, -0.1) is 11.3 Å². The lowest BCUT2D eigenvalue weighted by atomic mass is 9.99. The molecular formula is C11H13NO3S. The summed E-state index contributed by atoms with van der Waals surface area (Å²) in [5, 5.41) is 10.8. The van der Waals surface area contributed by atoms with Gasteiger partial charge >= 0.3 is 5.97 Å². The van der Waals surface area contributed by atoms with Crippen LogP contribution in [-0.2, 0) is 4.79 Å². The number of nitrogens with zero attached hydrogens (tertiary/aromatic N) is 1. The fourth-order valence-electron chi connectivity index (χ4n) is 2.01. The molecule has 2 rings (SSSR count). The molecule has 1 fully saturated rings. The highest BCUT2D eigenvalue weighted by molar-refractivity contribution is 7.12. The molecule has 1 amide bonds. The Morgan fingerprint density at radius 1 is 1.50 bits per heavy atom. The molecule has 1 saturated heterocycles. The Morgan fingerprint density at radius 2 is 2.25 bits per heavy atom. The van der Waals surface area contributed by atoms with Gasteiger partial charge in [0.15, 0.2) is 0 Å². The molecule has 86 valence electrons. The molecule has 0 radical (unpaired) electrons. The van der Waals surface area contributed by atoms with Gasteiger partial charge in [0.05, 0.1) is 10.8 Å². The van der Waals surface area contributed by atoms with E-state index < -0.39 is 11.9 Å². The molecule has 1 N–H and O–H groups in total. The summed E-state index contributed by atoms with van der Waals surface area (Å²) in [6.07, 6.45) is 0. The van der Waals surface area contributed by atoms with Crippen LogP contribution in [0, 0.1) is 11.8 Å². The first-order valence-corrected chi connectivity index (χ1v) is 6.03. The summed E-state index contributed by atoms with van der Waals surface area (Å²) in [5.74, 6) is -1.26. The maximum Gasteiger partial charge on any atom is 0.308 e. The van der Waals surface area contributed by atoms with Crippen molar-refractivity contribution in [3.63, 3.8) is 0 Å². The van der Waals surface area contributed by atoms with Crippen LogP contribution in [-0.4, -0.2) is 35.0 Å². The molecule has 2 heterocycles. The number of rotatable bonds is 2. The van der Waals surface area contributed by atoms with E-state index in [9.17, 15) is 9.59 Å². The molecule has 0 aliphatic carbocycles. The van der Waals surface area contributed by atoms with E-state index in [2.05, 4.69) is 0 Å². The van der Waals surface area contributed by atoms with Crippen LogP contribution in [0.5, 0.6) is 0 Å². The lowest BCUT2D eigenvalue weighted by molar-refractivity contribution is -0.142. The molecule has 0 saturated carbocycles. The molecule has 16 heavy (non-hydrogen) atoms. The molecule has 1 aliphatic rings. The molecule has 2 unspecified atom stereocenters. The van der Waals surface area contributed by atoms with Crippen LogP contribution in [0.4, 0.5) is 0 Å². The molecule has 0 aromatic carbocycles. The zero-order valence-corrected chi connectivity index (χ0v) is 9.74. The predicted octanol–water partition coefficient (Wildman–Crippen LogP) is 1.54. The molecule has 1 aliphatic heterocycles. The number of amides is 1. The molecule has 4 nitrogen and oxygen atoms in total. The van der Waals surface area contributed by atoms with Crippen molar-refractivity contribution in [1.29, 1.82) is 0 Å². The minimum Gasteiger partial charge on any atom is -0.481 e. The van der Waals surface area contributed by atoms with Crippen LogP contribution in [0.15, 0.2) is 17.5 Å². The van der Waals surface area contributed by atoms with Crippen molar-refractivity contribution in [3.05, 3.63) is 22.4 Å². The van der Waals surface area contributed by atoms with E-state index in [0.29, 0.717) is 18.0 Å². The second-order valence-corrected chi connectivity index (χ2v) is 5.06. The number of hydrogen-bond donors (Lipinski definition) is 1.